The van der Waals surface area contributed by atoms with E-state index in [-0.39, 0.29) is 30.1 Å². The molecule has 3 aliphatic rings. The van der Waals surface area contributed by atoms with Crippen LogP contribution >= 0.6 is 24.0 Å². The van der Waals surface area contributed by atoms with Crippen molar-refractivity contribution in [3.63, 3.8) is 0 Å². The van der Waals surface area contributed by atoms with Gasteiger partial charge in [0, 0.05) is 39.8 Å². The summed E-state index contributed by atoms with van der Waals surface area (Å²) in [6.45, 7) is 10.6. The van der Waals surface area contributed by atoms with Crippen LogP contribution in [0.3, 0.4) is 0 Å². The van der Waals surface area contributed by atoms with Crippen molar-refractivity contribution < 1.29 is 9.53 Å². The molecule has 6 nitrogen and oxygen atoms in total. The molecule has 1 amide bonds. The molecule has 0 unspecified atom stereocenters. The molecule has 2 heterocycles. The van der Waals surface area contributed by atoms with Crippen molar-refractivity contribution in [2.45, 2.75) is 71.3 Å². The van der Waals surface area contributed by atoms with Crippen LogP contribution in [0.4, 0.5) is 4.79 Å². The number of likely N-dealkylation sites (tertiary alicyclic amines) is 2. The van der Waals surface area contributed by atoms with Crippen molar-refractivity contribution >= 4 is 36.0 Å². The SMILES string of the molecule is CN=C(NCC1CCN(C(=O)OC(C)(C)C)CC1)N1CCC2(CCCC2)C1.I. The van der Waals surface area contributed by atoms with Gasteiger partial charge in [0.25, 0.3) is 0 Å². The van der Waals surface area contributed by atoms with Crippen LogP contribution < -0.4 is 5.32 Å². The highest BCUT2D eigenvalue weighted by Gasteiger charge is 2.41. The zero-order valence-corrected chi connectivity index (χ0v) is 20.5. The maximum Gasteiger partial charge on any atom is 0.410 e. The van der Waals surface area contributed by atoms with Crippen LogP contribution in [-0.2, 0) is 4.74 Å². The number of guanidine groups is 1. The van der Waals surface area contributed by atoms with Crippen molar-refractivity contribution in [1.82, 2.24) is 15.1 Å². The van der Waals surface area contributed by atoms with Crippen molar-refractivity contribution in [1.29, 1.82) is 0 Å². The normalized spacial score (nSPS) is 23.1. The molecule has 28 heavy (non-hydrogen) atoms. The summed E-state index contributed by atoms with van der Waals surface area (Å²) in [5.41, 5.74) is 0.144. The summed E-state index contributed by atoms with van der Waals surface area (Å²) in [4.78, 5) is 21.0. The van der Waals surface area contributed by atoms with Gasteiger partial charge in [0.1, 0.15) is 5.60 Å². The molecule has 0 atom stereocenters. The number of piperidine rings is 1. The minimum Gasteiger partial charge on any atom is -0.444 e. The van der Waals surface area contributed by atoms with Crippen molar-refractivity contribution in [2.75, 3.05) is 39.8 Å². The summed E-state index contributed by atoms with van der Waals surface area (Å²) >= 11 is 0. The first-order chi connectivity index (χ1) is 12.8. The number of ether oxygens (including phenoxy) is 1. The molecule has 0 bridgehead atoms. The van der Waals surface area contributed by atoms with Crippen molar-refractivity contribution in [3.05, 3.63) is 0 Å². The average molecular weight is 506 g/mol. The molecule has 7 heteroatoms. The number of hydrogen-bond acceptors (Lipinski definition) is 3. The smallest absolute Gasteiger partial charge is 0.410 e. The minimum atomic E-state index is -0.422. The quantitative estimate of drug-likeness (QED) is 0.348. The van der Waals surface area contributed by atoms with E-state index in [0.29, 0.717) is 11.3 Å². The van der Waals surface area contributed by atoms with Crippen LogP contribution in [0.15, 0.2) is 4.99 Å². The van der Waals surface area contributed by atoms with Gasteiger partial charge in [-0.05, 0) is 64.2 Å². The highest BCUT2D eigenvalue weighted by atomic mass is 127. The zero-order valence-electron chi connectivity index (χ0n) is 18.1. The predicted molar refractivity (Wildman–Crippen MR) is 124 cm³/mol. The van der Waals surface area contributed by atoms with Gasteiger partial charge in [0.2, 0.25) is 0 Å². The van der Waals surface area contributed by atoms with Gasteiger partial charge in [-0.2, -0.15) is 0 Å². The number of aliphatic imine (C=N–C) groups is 1. The molecular weight excluding hydrogens is 467 g/mol. The molecule has 0 aromatic carbocycles. The van der Waals surface area contributed by atoms with E-state index < -0.39 is 5.60 Å². The van der Waals surface area contributed by atoms with Gasteiger partial charge < -0.3 is 19.9 Å². The molecule has 2 aliphatic heterocycles. The number of rotatable bonds is 2. The maximum absolute atomic E-state index is 12.2. The highest BCUT2D eigenvalue weighted by Crippen LogP contribution is 2.45. The lowest BCUT2D eigenvalue weighted by Gasteiger charge is -2.34. The molecule has 1 N–H and O–H groups in total. The zero-order chi connectivity index (χ0) is 19.5. The molecule has 0 aromatic heterocycles. The van der Waals surface area contributed by atoms with Crippen molar-refractivity contribution in [2.24, 2.45) is 16.3 Å². The third-order valence-electron chi connectivity index (χ3n) is 6.43. The number of hydrogen-bond donors (Lipinski definition) is 1. The van der Waals surface area contributed by atoms with E-state index in [1.165, 1.54) is 38.6 Å². The monoisotopic (exact) mass is 506 g/mol. The maximum atomic E-state index is 12.2. The van der Waals surface area contributed by atoms with Crippen LogP contribution in [-0.4, -0.2) is 67.2 Å². The van der Waals surface area contributed by atoms with Gasteiger partial charge in [0.15, 0.2) is 5.96 Å². The molecule has 1 aliphatic carbocycles. The highest BCUT2D eigenvalue weighted by molar-refractivity contribution is 14.0. The number of nitrogens with zero attached hydrogens (tertiary/aromatic N) is 3. The number of nitrogens with one attached hydrogen (secondary N) is 1. The van der Waals surface area contributed by atoms with Crippen LogP contribution in [0, 0.1) is 11.3 Å². The summed E-state index contributed by atoms with van der Waals surface area (Å²) in [6, 6.07) is 0. The van der Waals surface area contributed by atoms with Gasteiger partial charge in [-0.1, -0.05) is 12.8 Å². The van der Waals surface area contributed by atoms with E-state index in [1.807, 2.05) is 32.7 Å². The van der Waals surface area contributed by atoms with Gasteiger partial charge in [-0.15, -0.1) is 24.0 Å². The Morgan fingerprint density at radius 3 is 2.32 bits per heavy atom. The molecule has 3 fully saturated rings. The summed E-state index contributed by atoms with van der Waals surface area (Å²) in [7, 11) is 1.90. The Morgan fingerprint density at radius 2 is 1.75 bits per heavy atom. The topological polar surface area (TPSA) is 57.2 Å². The van der Waals surface area contributed by atoms with Crippen LogP contribution in [0.25, 0.3) is 0 Å². The predicted octanol–water partition coefficient (Wildman–Crippen LogP) is 4.09. The fourth-order valence-corrected chi connectivity index (χ4v) is 4.86. The van der Waals surface area contributed by atoms with E-state index in [2.05, 4.69) is 15.2 Å². The Balaban J connectivity index is 0.00000280. The second-order valence-electron chi connectivity index (χ2n) is 9.72. The molecule has 162 valence electrons. The summed E-state index contributed by atoms with van der Waals surface area (Å²) in [6.07, 6.45) is 8.77. The van der Waals surface area contributed by atoms with E-state index in [1.54, 1.807) is 0 Å². The number of amides is 1. The second kappa shape index (κ2) is 9.85. The lowest BCUT2D eigenvalue weighted by Crippen LogP contribution is -2.46. The Hall–Kier alpha value is -0.730. The van der Waals surface area contributed by atoms with E-state index in [4.69, 9.17) is 4.74 Å². The summed E-state index contributed by atoms with van der Waals surface area (Å²) < 4.78 is 5.49. The lowest BCUT2D eigenvalue weighted by atomic mass is 9.86. The molecule has 0 aromatic rings. The van der Waals surface area contributed by atoms with Crippen LogP contribution in [0.2, 0.25) is 0 Å². The van der Waals surface area contributed by atoms with E-state index >= 15 is 0 Å². The first-order valence-corrected chi connectivity index (χ1v) is 10.7. The summed E-state index contributed by atoms with van der Waals surface area (Å²) in [5.74, 6) is 1.65. The van der Waals surface area contributed by atoms with Gasteiger partial charge in [-0.25, -0.2) is 4.79 Å². The van der Waals surface area contributed by atoms with Gasteiger partial charge >= 0.3 is 6.09 Å². The Bertz CT molecular complexity index is 547. The van der Waals surface area contributed by atoms with E-state index in [0.717, 1.165) is 45.0 Å². The molecule has 0 radical (unpaired) electrons. The first kappa shape index (κ1) is 23.5. The van der Waals surface area contributed by atoms with Crippen molar-refractivity contribution in [3.8, 4) is 0 Å². The van der Waals surface area contributed by atoms with Crippen LogP contribution in [0.5, 0.6) is 0 Å². The summed E-state index contributed by atoms with van der Waals surface area (Å²) in [5, 5.41) is 3.61. The second-order valence-corrected chi connectivity index (χ2v) is 9.72. The fraction of sp³-hybridized carbons (Fsp3) is 0.905. The molecule has 3 rings (SSSR count). The third-order valence-corrected chi connectivity index (χ3v) is 6.43. The Kier molecular flexibility index (Phi) is 8.28. The standard InChI is InChI=1S/C21H38N4O2.HI/c1-20(2,3)27-19(26)24-12-7-17(8-13-24)15-23-18(22-4)25-14-11-21(16-25)9-5-6-10-21;/h17H,5-16H2,1-4H3,(H,22,23);1H. The number of halogens is 1. The largest absolute Gasteiger partial charge is 0.444 e. The minimum absolute atomic E-state index is 0. The average Bonchev–Trinajstić information content (AvgIpc) is 3.25. The number of carbonyl (C=O) groups is 1. The molecule has 1 spiro atoms. The molecular formula is C21H39IN4O2. The number of carbonyl (C=O) groups excluding carboxylic acids is 1. The molecule has 1 saturated carbocycles. The van der Waals surface area contributed by atoms with Gasteiger partial charge in [-0.3, -0.25) is 4.99 Å². The Morgan fingerprint density at radius 1 is 1.11 bits per heavy atom. The fourth-order valence-electron chi connectivity index (χ4n) is 4.86. The first-order valence-electron chi connectivity index (χ1n) is 10.7. The van der Waals surface area contributed by atoms with Crippen LogP contribution in [0.1, 0.15) is 65.7 Å². The Labute approximate surface area is 187 Å². The lowest BCUT2D eigenvalue weighted by molar-refractivity contribution is 0.0185. The van der Waals surface area contributed by atoms with Gasteiger partial charge in [0.05, 0.1) is 0 Å². The third kappa shape index (κ3) is 6.13. The molecule has 2 saturated heterocycles. The van der Waals surface area contributed by atoms with E-state index in [9.17, 15) is 4.79 Å².